The van der Waals surface area contributed by atoms with E-state index in [1.807, 2.05) is 17.9 Å². The molecule has 0 spiro atoms. The van der Waals surface area contributed by atoms with Crippen molar-refractivity contribution in [3.8, 4) is 11.5 Å². The van der Waals surface area contributed by atoms with Gasteiger partial charge in [-0.2, -0.15) is 0 Å². The number of carbonyl (C=O) groups excluding carboxylic acids is 1. The Labute approximate surface area is 206 Å². The molecule has 12 heteroatoms. The number of ether oxygens (including phenoxy) is 1. The Morgan fingerprint density at radius 3 is 2.43 bits per heavy atom. The number of sulfonamides is 1. The summed E-state index contributed by atoms with van der Waals surface area (Å²) in [7, 11) is -7.20. The molecule has 1 amide bonds. The van der Waals surface area contributed by atoms with Gasteiger partial charge < -0.3 is 15.4 Å². The normalized spacial score (nSPS) is 15.9. The molecule has 2 aromatic rings. The van der Waals surface area contributed by atoms with E-state index in [1.165, 1.54) is 6.07 Å². The minimum absolute atomic E-state index is 0.0286. The van der Waals surface area contributed by atoms with E-state index < -0.39 is 25.8 Å². The number of nitrogens with two attached hydrogens (primary N) is 1. The molecular weight excluding hydrogens is 492 g/mol. The van der Waals surface area contributed by atoms with Gasteiger partial charge in [-0.05, 0) is 30.7 Å². The predicted molar refractivity (Wildman–Crippen MR) is 135 cm³/mol. The van der Waals surface area contributed by atoms with Crippen LogP contribution in [0.4, 0.5) is 5.69 Å². The third-order valence-electron chi connectivity index (χ3n) is 5.58. The van der Waals surface area contributed by atoms with E-state index in [4.69, 9.17) is 9.88 Å². The summed E-state index contributed by atoms with van der Waals surface area (Å²) in [6.07, 6.45) is 1.75. The van der Waals surface area contributed by atoms with E-state index in [2.05, 4.69) is 10.6 Å². The summed E-state index contributed by atoms with van der Waals surface area (Å²) in [5.74, 6) is 0.199. The van der Waals surface area contributed by atoms with Gasteiger partial charge in [0, 0.05) is 38.3 Å². The van der Waals surface area contributed by atoms with Crippen molar-refractivity contribution in [2.24, 2.45) is 5.14 Å². The fourth-order valence-electron chi connectivity index (χ4n) is 3.59. The molecule has 192 valence electrons. The minimum Gasteiger partial charge on any atom is -0.454 e. The van der Waals surface area contributed by atoms with Crippen LogP contribution in [0.3, 0.4) is 0 Å². The number of nitrogens with zero attached hydrogens (tertiary/aromatic N) is 1. The topological polar surface area (TPSA) is 148 Å². The summed E-state index contributed by atoms with van der Waals surface area (Å²) in [5.41, 5.74) is 0.467. The smallest absolute Gasteiger partial charge is 0.251 e. The van der Waals surface area contributed by atoms with Gasteiger partial charge in [-0.15, -0.1) is 0 Å². The van der Waals surface area contributed by atoms with Gasteiger partial charge in [0.2, 0.25) is 10.0 Å². The molecule has 0 atom stereocenters. The Kier molecular flexibility index (Phi) is 9.11. The van der Waals surface area contributed by atoms with Crippen molar-refractivity contribution in [2.45, 2.75) is 24.7 Å². The lowest BCUT2D eigenvalue weighted by molar-refractivity contribution is 0.0948. The van der Waals surface area contributed by atoms with Crippen molar-refractivity contribution >= 4 is 31.5 Å². The number of rotatable bonds is 11. The molecule has 0 bridgehead atoms. The molecule has 1 fully saturated rings. The molecule has 0 aromatic heterocycles. The fourth-order valence-corrected chi connectivity index (χ4v) is 5.57. The van der Waals surface area contributed by atoms with Gasteiger partial charge in [0.05, 0.1) is 17.2 Å². The molecule has 2 aromatic carbocycles. The largest absolute Gasteiger partial charge is 0.454 e. The van der Waals surface area contributed by atoms with Crippen LogP contribution in [0, 0.1) is 0 Å². The van der Waals surface area contributed by atoms with Crippen LogP contribution in [0.2, 0.25) is 0 Å². The maximum absolute atomic E-state index is 12.9. The van der Waals surface area contributed by atoms with Crippen LogP contribution in [0.5, 0.6) is 11.5 Å². The van der Waals surface area contributed by atoms with Crippen molar-refractivity contribution in [3.63, 3.8) is 0 Å². The second-order valence-corrected chi connectivity index (χ2v) is 12.2. The van der Waals surface area contributed by atoms with Gasteiger partial charge in [-0.1, -0.05) is 31.5 Å². The summed E-state index contributed by atoms with van der Waals surface area (Å²) in [6, 6.07) is 11.5. The number of amides is 1. The molecule has 0 radical (unpaired) electrons. The number of hydrogen-bond donors (Lipinski definition) is 3. The SMILES string of the molecule is CCCCNc1cc(C(=O)NCCN2CCS(=O)(=O)CC2)cc(S(N)(=O)=O)c1Oc1ccccc1. The van der Waals surface area contributed by atoms with Crippen LogP contribution in [-0.2, 0) is 19.9 Å². The Balaban J connectivity index is 1.82. The quantitative estimate of drug-likeness (QED) is 0.377. The highest BCUT2D eigenvalue weighted by molar-refractivity contribution is 7.91. The zero-order valence-electron chi connectivity index (χ0n) is 19.7. The van der Waals surface area contributed by atoms with Crippen LogP contribution >= 0.6 is 0 Å². The second kappa shape index (κ2) is 11.8. The van der Waals surface area contributed by atoms with Crippen LogP contribution in [0.1, 0.15) is 30.1 Å². The molecule has 10 nitrogen and oxygen atoms in total. The third kappa shape index (κ3) is 7.92. The highest BCUT2D eigenvalue weighted by Crippen LogP contribution is 2.37. The zero-order chi connectivity index (χ0) is 25.5. The van der Waals surface area contributed by atoms with Crippen LogP contribution in [0.15, 0.2) is 47.4 Å². The van der Waals surface area contributed by atoms with Crippen molar-refractivity contribution in [1.29, 1.82) is 0 Å². The van der Waals surface area contributed by atoms with Gasteiger partial charge in [0.1, 0.15) is 10.6 Å². The van der Waals surface area contributed by atoms with E-state index in [1.54, 1.807) is 30.3 Å². The van der Waals surface area contributed by atoms with Crippen molar-refractivity contribution in [3.05, 3.63) is 48.0 Å². The number of sulfone groups is 1. The maximum Gasteiger partial charge on any atom is 0.251 e. The molecule has 35 heavy (non-hydrogen) atoms. The van der Waals surface area contributed by atoms with Crippen LogP contribution in [0.25, 0.3) is 0 Å². The molecule has 4 N–H and O–H groups in total. The average Bonchev–Trinajstić information content (AvgIpc) is 2.81. The van der Waals surface area contributed by atoms with Gasteiger partial charge in [0.15, 0.2) is 15.6 Å². The van der Waals surface area contributed by atoms with Gasteiger partial charge in [-0.25, -0.2) is 22.0 Å². The minimum atomic E-state index is -4.22. The average molecular weight is 525 g/mol. The monoisotopic (exact) mass is 524 g/mol. The molecule has 1 aliphatic rings. The summed E-state index contributed by atoms with van der Waals surface area (Å²) < 4.78 is 54.0. The molecule has 0 unspecified atom stereocenters. The lowest BCUT2D eigenvalue weighted by atomic mass is 10.1. The van der Waals surface area contributed by atoms with Crippen molar-refractivity contribution in [1.82, 2.24) is 10.2 Å². The standard InChI is InChI=1S/C23H32N4O6S2/c1-2-3-9-25-20-16-18(23(28)26-10-11-27-12-14-34(29,30)15-13-27)17-21(35(24,31)32)22(20)33-19-7-5-4-6-8-19/h4-8,16-17,25H,2-3,9-15H2,1H3,(H,26,28)(H2,24,31,32). The summed E-state index contributed by atoms with van der Waals surface area (Å²) >= 11 is 0. The highest BCUT2D eigenvalue weighted by atomic mass is 32.2. The first kappa shape index (κ1) is 26.9. The molecular formula is C23H32N4O6S2. The van der Waals surface area contributed by atoms with Crippen molar-refractivity contribution < 1.29 is 26.4 Å². The number of anilines is 1. The molecule has 1 aliphatic heterocycles. The second-order valence-electron chi connectivity index (χ2n) is 8.34. The van der Waals surface area contributed by atoms with Crippen LogP contribution in [-0.4, -0.2) is 71.9 Å². The Bertz CT molecular complexity index is 1220. The molecule has 3 rings (SSSR count). The van der Waals surface area contributed by atoms with Crippen LogP contribution < -0.4 is 20.5 Å². The Hall–Kier alpha value is -2.67. The zero-order valence-corrected chi connectivity index (χ0v) is 21.3. The Morgan fingerprint density at radius 2 is 1.80 bits per heavy atom. The van der Waals surface area contributed by atoms with E-state index in [0.29, 0.717) is 37.6 Å². The van der Waals surface area contributed by atoms with Gasteiger partial charge in [-0.3, -0.25) is 9.69 Å². The van der Waals surface area contributed by atoms with E-state index >= 15 is 0 Å². The predicted octanol–water partition coefficient (Wildman–Crippen LogP) is 1.80. The highest BCUT2D eigenvalue weighted by Gasteiger charge is 2.24. The number of primary sulfonamides is 1. The Morgan fingerprint density at radius 1 is 1.11 bits per heavy atom. The number of nitrogens with one attached hydrogen (secondary N) is 2. The first-order valence-electron chi connectivity index (χ1n) is 11.5. The number of hydrogen-bond acceptors (Lipinski definition) is 8. The molecule has 0 aliphatic carbocycles. The number of benzene rings is 2. The third-order valence-corrected chi connectivity index (χ3v) is 8.11. The summed E-state index contributed by atoms with van der Waals surface area (Å²) in [5, 5.41) is 11.4. The molecule has 1 heterocycles. The van der Waals surface area contributed by atoms with Crippen molar-refractivity contribution in [2.75, 3.05) is 49.5 Å². The maximum atomic E-state index is 12.9. The lowest BCUT2D eigenvalue weighted by Gasteiger charge is -2.26. The first-order chi connectivity index (χ1) is 16.6. The van der Waals surface area contributed by atoms with Gasteiger partial charge >= 0.3 is 0 Å². The van der Waals surface area contributed by atoms with Gasteiger partial charge in [0.25, 0.3) is 5.91 Å². The number of carbonyl (C=O) groups is 1. The number of para-hydroxylation sites is 1. The van der Waals surface area contributed by atoms with E-state index in [-0.39, 0.29) is 34.3 Å². The number of unbranched alkanes of at least 4 members (excludes halogenated alkanes) is 1. The summed E-state index contributed by atoms with van der Waals surface area (Å²) in [6.45, 7) is 4.19. The molecule has 0 saturated carbocycles. The molecule has 1 saturated heterocycles. The van der Waals surface area contributed by atoms with E-state index in [0.717, 1.165) is 12.8 Å². The summed E-state index contributed by atoms with van der Waals surface area (Å²) in [4.78, 5) is 14.6. The fraction of sp³-hybridized carbons (Fsp3) is 0.435. The van der Waals surface area contributed by atoms with E-state index in [9.17, 15) is 21.6 Å². The first-order valence-corrected chi connectivity index (χ1v) is 14.8. The lowest BCUT2D eigenvalue weighted by Crippen LogP contribution is -2.43.